The van der Waals surface area contributed by atoms with Gasteiger partial charge in [0, 0.05) is 38.1 Å². The van der Waals surface area contributed by atoms with Crippen LogP contribution in [0.1, 0.15) is 17.3 Å². The zero-order valence-corrected chi connectivity index (χ0v) is 18.0. The molecule has 0 spiro atoms. The van der Waals surface area contributed by atoms with Crippen molar-refractivity contribution in [2.45, 2.75) is 6.92 Å². The zero-order valence-electron chi connectivity index (χ0n) is 18.0. The van der Waals surface area contributed by atoms with Gasteiger partial charge in [-0.25, -0.2) is 19.7 Å². The third-order valence-electron chi connectivity index (χ3n) is 5.17. The summed E-state index contributed by atoms with van der Waals surface area (Å²) in [6.07, 6.45) is 3.04. The van der Waals surface area contributed by atoms with Crippen LogP contribution in [0.25, 0.3) is 0 Å². The average molecular weight is 449 g/mol. The second-order valence-electron chi connectivity index (χ2n) is 7.24. The minimum absolute atomic E-state index is 0.0539. The molecule has 0 radical (unpaired) electrons. The van der Waals surface area contributed by atoms with Gasteiger partial charge in [0.25, 0.3) is 0 Å². The fourth-order valence-corrected chi connectivity index (χ4v) is 3.62. The molecule has 1 N–H and O–H groups in total. The van der Waals surface area contributed by atoms with E-state index in [2.05, 4.69) is 25.2 Å². The second-order valence-corrected chi connectivity index (χ2v) is 7.24. The second kappa shape index (κ2) is 9.90. The molecule has 0 aliphatic carbocycles. The Kier molecular flexibility index (Phi) is 6.58. The van der Waals surface area contributed by atoms with Crippen molar-refractivity contribution in [2.24, 2.45) is 0 Å². The van der Waals surface area contributed by atoms with E-state index in [1.165, 1.54) is 6.33 Å². The number of carbonyl (C=O) groups excluding carboxylic acids is 1. The van der Waals surface area contributed by atoms with Crippen molar-refractivity contribution in [3.8, 4) is 0 Å². The van der Waals surface area contributed by atoms with Crippen molar-refractivity contribution in [3.05, 3.63) is 70.7 Å². The lowest BCUT2D eigenvalue weighted by Gasteiger charge is -2.35. The number of aromatic nitrogens is 3. The maximum atomic E-state index is 12.0. The first kappa shape index (κ1) is 21.9. The van der Waals surface area contributed by atoms with E-state index in [-0.39, 0.29) is 23.9 Å². The molecule has 1 fully saturated rings. The molecule has 170 valence electrons. The Labute approximate surface area is 190 Å². The summed E-state index contributed by atoms with van der Waals surface area (Å²) < 4.78 is 5.02. The number of rotatable bonds is 7. The summed E-state index contributed by atoms with van der Waals surface area (Å²) in [5.41, 5.74) is 0.600. The lowest BCUT2D eigenvalue weighted by molar-refractivity contribution is -0.383. The van der Waals surface area contributed by atoms with Gasteiger partial charge in [-0.05, 0) is 37.3 Å². The van der Waals surface area contributed by atoms with Crippen LogP contribution in [0.5, 0.6) is 0 Å². The van der Waals surface area contributed by atoms with Crippen LogP contribution in [0.15, 0.2) is 55.0 Å². The molecule has 11 heteroatoms. The van der Waals surface area contributed by atoms with Gasteiger partial charge in [-0.3, -0.25) is 10.1 Å². The third-order valence-corrected chi connectivity index (χ3v) is 5.17. The van der Waals surface area contributed by atoms with Gasteiger partial charge in [-0.2, -0.15) is 0 Å². The van der Waals surface area contributed by atoms with Gasteiger partial charge in [-0.1, -0.05) is 12.1 Å². The zero-order chi connectivity index (χ0) is 23.2. The quantitative estimate of drug-likeness (QED) is 0.327. The number of esters is 1. The van der Waals surface area contributed by atoms with Crippen molar-refractivity contribution in [1.29, 1.82) is 0 Å². The van der Waals surface area contributed by atoms with Gasteiger partial charge >= 0.3 is 11.7 Å². The number of nitrogens with zero attached hydrogens (tertiary/aromatic N) is 6. The molecule has 1 saturated heterocycles. The van der Waals surface area contributed by atoms with E-state index >= 15 is 0 Å². The molecule has 0 unspecified atom stereocenters. The molecule has 3 heterocycles. The van der Waals surface area contributed by atoms with E-state index in [1.54, 1.807) is 37.4 Å². The van der Waals surface area contributed by atoms with Crippen LogP contribution < -0.4 is 15.1 Å². The number of ether oxygens (including phenoxy) is 1. The topological polar surface area (TPSA) is 127 Å². The number of hydrogen-bond acceptors (Lipinski definition) is 10. The Morgan fingerprint density at radius 2 is 1.88 bits per heavy atom. The number of piperazine rings is 1. The lowest BCUT2D eigenvalue weighted by atomic mass is 10.2. The Bertz CT molecular complexity index is 1130. The summed E-state index contributed by atoms with van der Waals surface area (Å²) in [4.78, 5) is 40.2. The maximum Gasteiger partial charge on any atom is 0.353 e. The Balaban J connectivity index is 1.55. The third kappa shape index (κ3) is 4.97. The van der Waals surface area contributed by atoms with Gasteiger partial charge in [0.15, 0.2) is 0 Å². The normalized spacial score (nSPS) is 13.5. The smallest absolute Gasteiger partial charge is 0.353 e. The number of nitrogens with one attached hydrogen (secondary N) is 1. The van der Waals surface area contributed by atoms with Gasteiger partial charge in [0.05, 0.1) is 17.1 Å². The van der Waals surface area contributed by atoms with Crippen LogP contribution in [-0.2, 0) is 4.74 Å². The van der Waals surface area contributed by atoms with Crippen molar-refractivity contribution in [3.63, 3.8) is 0 Å². The Morgan fingerprint density at radius 1 is 1.09 bits per heavy atom. The highest BCUT2D eigenvalue weighted by atomic mass is 16.6. The maximum absolute atomic E-state index is 12.0. The standard InChI is InChI=1S/C22H23N7O4/c1-2-33-22(30)16-6-5-7-17(14-16)26-20-19(29(31)32)21(25-15-24-20)28-12-10-27(11-13-28)18-8-3-4-9-23-18/h3-9,14-15H,2,10-13H2,1H3,(H,24,25,26). The van der Waals surface area contributed by atoms with Crippen molar-refractivity contribution >= 4 is 34.8 Å². The summed E-state index contributed by atoms with van der Waals surface area (Å²) >= 11 is 0. The summed E-state index contributed by atoms with van der Waals surface area (Å²) in [5, 5.41) is 14.9. The number of anilines is 4. The van der Waals surface area contributed by atoms with Gasteiger partial charge in [-0.15, -0.1) is 0 Å². The summed E-state index contributed by atoms with van der Waals surface area (Å²) in [7, 11) is 0. The van der Waals surface area contributed by atoms with Gasteiger partial charge < -0.3 is 19.9 Å². The number of carbonyl (C=O) groups is 1. The predicted octanol–water partition coefficient (Wildman–Crippen LogP) is 3.03. The molecular formula is C22H23N7O4. The van der Waals surface area contributed by atoms with Crippen molar-refractivity contribution in [1.82, 2.24) is 15.0 Å². The molecule has 33 heavy (non-hydrogen) atoms. The van der Waals surface area contributed by atoms with Crippen molar-refractivity contribution < 1.29 is 14.5 Å². The van der Waals surface area contributed by atoms with Crippen LogP contribution in [0.2, 0.25) is 0 Å². The van der Waals surface area contributed by atoms with Crippen molar-refractivity contribution in [2.75, 3.05) is 47.9 Å². The molecule has 1 aliphatic heterocycles. The first-order valence-corrected chi connectivity index (χ1v) is 10.5. The molecule has 4 rings (SSSR count). The first-order valence-electron chi connectivity index (χ1n) is 10.5. The number of benzene rings is 1. The number of pyridine rings is 1. The van der Waals surface area contributed by atoms with E-state index in [9.17, 15) is 14.9 Å². The molecule has 3 aromatic rings. The summed E-state index contributed by atoms with van der Waals surface area (Å²) in [6.45, 7) is 4.39. The first-order chi connectivity index (χ1) is 16.1. The van der Waals surface area contributed by atoms with Gasteiger partial charge in [0.1, 0.15) is 12.1 Å². The summed E-state index contributed by atoms with van der Waals surface area (Å²) in [6, 6.07) is 12.3. The van der Waals surface area contributed by atoms with Crippen LogP contribution in [-0.4, -0.2) is 58.6 Å². The average Bonchev–Trinajstić information content (AvgIpc) is 2.85. The fourth-order valence-electron chi connectivity index (χ4n) is 3.62. The monoisotopic (exact) mass is 449 g/mol. The van der Waals surface area contributed by atoms with E-state index in [1.807, 2.05) is 23.1 Å². The molecule has 0 atom stereocenters. The molecule has 0 bridgehead atoms. The molecule has 0 saturated carbocycles. The Morgan fingerprint density at radius 3 is 2.58 bits per heavy atom. The van der Waals surface area contributed by atoms with E-state index in [0.717, 1.165) is 5.82 Å². The minimum Gasteiger partial charge on any atom is -0.462 e. The molecule has 2 aromatic heterocycles. The fraction of sp³-hybridized carbons (Fsp3) is 0.273. The van der Waals surface area contributed by atoms with Crippen LogP contribution in [0.4, 0.5) is 28.8 Å². The largest absolute Gasteiger partial charge is 0.462 e. The predicted molar refractivity (Wildman–Crippen MR) is 123 cm³/mol. The number of nitro groups is 1. The van der Waals surface area contributed by atoms with Crippen LogP contribution in [0, 0.1) is 10.1 Å². The summed E-state index contributed by atoms with van der Waals surface area (Å²) in [5.74, 6) is 0.709. The highest BCUT2D eigenvalue weighted by Gasteiger charge is 2.29. The van der Waals surface area contributed by atoms with E-state index in [4.69, 9.17) is 4.74 Å². The molecule has 1 aromatic carbocycles. The highest BCUT2D eigenvalue weighted by Crippen LogP contribution is 2.34. The molecule has 11 nitrogen and oxygen atoms in total. The number of hydrogen-bond donors (Lipinski definition) is 1. The molecular weight excluding hydrogens is 426 g/mol. The molecule has 1 aliphatic rings. The minimum atomic E-state index is -0.488. The van der Waals surface area contributed by atoms with Crippen LogP contribution in [0.3, 0.4) is 0 Å². The van der Waals surface area contributed by atoms with Gasteiger partial charge in [0.2, 0.25) is 11.6 Å². The lowest BCUT2D eigenvalue weighted by Crippen LogP contribution is -2.47. The SMILES string of the molecule is CCOC(=O)c1cccc(Nc2ncnc(N3CCN(c4ccccn4)CC3)c2[N+](=O)[O-])c1. The highest BCUT2D eigenvalue weighted by molar-refractivity contribution is 5.91. The van der Waals surface area contributed by atoms with E-state index in [0.29, 0.717) is 37.4 Å². The van der Waals surface area contributed by atoms with E-state index < -0.39 is 10.9 Å². The Hall–Kier alpha value is -4.28. The molecule has 0 amide bonds. The van der Waals surface area contributed by atoms with Crippen LogP contribution >= 0.6 is 0 Å².